The molecule has 2 aliphatic rings. The smallest absolute Gasteiger partial charge is 0.226 e. The summed E-state index contributed by atoms with van der Waals surface area (Å²) in [4.78, 5) is 28.4. The van der Waals surface area contributed by atoms with Gasteiger partial charge in [0.25, 0.3) is 0 Å². The summed E-state index contributed by atoms with van der Waals surface area (Å²) in [6.07, 6.45) is 0.728. The molecule has 1 heterocycles. The van der Waals surface area contributed by atoms with Crippen molar-refractivity contribution in [3.63, 3.8) is 0 Å². The number of hydrogen-bond acceptors (Lipinski definition) is 3. The summed E-state index contributed by atoms with van der Waals surface area (Å²) in [5.41, 5.74) is 0. The molecule has 1 N–H and O–H groups in total. The summed E-state index contributed by atoms with van der Waals surface area (Å²) >= 11 is 0. The highest BCUT2D eigenvalue weighted by Gasteiger charge is 2.49. The molecule has 0 aromatic rings. The monoisotopic (exact) mass is 267 g/mol. The molecule has 5 nitrogen and oxygen atoms in total. The Balaban J connectivity index is 1.78. The van der Waals surface area contributed by atoms with Gasteiger partial charge in [-0.2, -0.15) is 0 Å². The van der Waals surface area contributed by atoms with Crippen LogP contribution in [0.3, 0.4) is 0 Å². The average Bonchev–Trinajstić information content (AvgIpc) is 3.17. The standard InChI is InChI=1S/C14H25N3O2/c1-4-16-5-7-17(8-6-16)14(19)12-9-11(12)13(18)15-10(2)3/h10-12H,4-9H2,1-3H3,(H,15,18). The van der Waals surface area contributed by atoms with Crippen LogP contribution >= 0.6 is 0 Å². The molecule has 1 aliphatic heterocycles. The fourth-order valence-electron chi connectivity index (χ4n) is 2.67. The van der Waals surface area contributed by atoms with Crippen LogP contribution in [0.25, 0.3) is 0 Å². The highest BCUT2D eigenvalue weighted by atomic mass is 16.2. The predicted octanol–water partition coefficient (Wildman–Crippen LogP) is 0.311. The lowest BCUT2D eigenvalue weighted by Crippen LogP contribution is -2.49. The fraction of sp³-hybridized carbons (Fsp3) is 0.857. The van der Waals surface area contributed by atoms with Gasteiger partial charge in [0, 0.05) is 32.2 Å². The first-order chi connectivity index (χ1) is 9.02. The van der Waals surface area contributed by atoms with Crippen molar-refractivity contribution in [3.05, 3.63) is 0 Å². The summed E-state index contributed by atoms with van der Waals surface area (Å²) in [6, 6.07) is 0.150. The molecule has 0 bridgehead atoms. The molecule has 2 amide bonds. The number of nitrogens with one attached hydrogen (secondary N) is 1. The highest BCUT2D eigenvalue weighted by Crippen LogP contribution is 2.40. The second-order valence-electron chi connectivity index (χ2n) is 5.87. The maximum absolute atomic E-state index is 12.3. The van der Waals surface area contributed by atoms with Crippen molar-refractivity contribution in [1.82, 2.24) is 15.1 Å². The van der Waals surface area contributed by atoms with E-state index in [4.69, 9.17) is 0 Å². The van der Waals surface area contributed by atoms with Crippen molar-refractivity contribution >= 4 is 11.8 Å². The van der Waals surface area contributed by atoms with Gasteiger partial charge in [0.15, 0.2) is 0 Å². The molecule has 0 aromatic heterocycles. The van der Waals surface area contributed by atoms with Crippen molar-refractivity contribution in [2.45, 2.75) is 33.2 Å². The Morgan fingerprint density at radius 1 is 1.16 bits per heavy atom. The van der Waals surface area contributed by atoms with Gasteiger partial charge < -0.3 is 15.1 Å². The summed E-state index contributed by atoms with van der Waals surface area (Å²) in [5.74, 6) is 0.0752. The molecule has 5 heteroatoms. The van der Waals surface area contributed by atoms with Gasteiger partial charge in [-0.1, -0.05) is 6.92 Å². The third-order valence-corrected chi connectivity index (χ3v) is 4.01. The van der Waals surface area contributed by atoms with Crippen molar-refractivity contribution in [2.75, 3.05) is 32.7 Å². The molecule has 19 heavy (non-hydrogen) atoms. The fourth-order valence-corrected chi connectivity index (χ4v) is 2.67. The molecule has 2 unspecified atom stereocenters. The van der Waals surface area contributed by atoms with E-state index in [1.165, 1.54) is 0 Å². The number of piperazine rings is 1. The Bertz CT molecular complexity index is 349. The minimum absolute atomic E-state index is 0.0422. The van der Waals surface area contributed by atoms with Crippen LogP contribution in [0.5, 0.6) is 0 Å². The molecule has 2 atom stereocenters. The summed E-state index contributed by atoms with van der Waals surface area (Å²) in [6.45, 7) is 10.6. The molecular weight excluding hydrogens is 242 g/mol. The van der Waals surface area contributed by atoms with Crippen molar-refractivity contribution in [2.24, 2.45) is 11.8 Å². The lowest BCUT2D eigenvalue weighted by molar-refractivity contribution is -0.136. The van der Waals surface area contributed by atoms with E-state index in [1.807, 2.05) is 18.7 Å². The van der Waals surface area contributed by atoms with Crippen LogP contribution < -0.4 is 5.32 Å². The molecule has 0 aromatic carbocycles. The Morgan fingerprint density at radius 3 is 2.32 bits per heavy atom. The van der Waals surface area contributed by atoms with Gasteiger partial charge in [0.1, 0.15) is 0 Å². The highest BCUT2D eigenvalue weighted by molar-refractivity contribution is 5.92. The zero-order valence-electron chi connectivity index (χ0n) is 12.2. The van der Waals surface area contributed by atoms with Gasteiger partial charge in [-0.3, -0.25) is 9.59 Å². The van der Waals surface area contributed by atoms with E-state index in [9.17, 15) is 9.59 Å². The molecule has 0 spiro atoms. The lowest BCUT2D eigenvalue weighted by atomic mass is 10.2. The van der Waals surface area contributed by atoms with E-state index < -0.39 is 0 Å². The van der Waals surface area contributed by atoms with Crippen molar-refractivity contribution in [3.8, 4) is 0 Å². The van der Waals surface area contributed by atoms with Gasteiger partial charge in [0.05, 0.1) is 11.8 Å². The predicted molar refractivity (Wildman–Crippen MR) is 73.6 cm³/mol. The van der Waals surface area contributed by atoms with Gasteiger partial charge in [-0.15, -0.1) is 0 Å². The molecule has 2 rings (SSSR count). The second kappa shape index (κ2) is 5.90. The first-order valence-corrected chi connectivity index (χ1v) is 7.34. The zero-order valence-corrected chi connectivity index (χ0v) is 12.2. The van der Waals surface area contributed by atoms with E-state index in [0.717, 1.165) is 39.1 Å². The van der Waals surface area contributed by atoms with Gasteiger partial charge in [-0.05, 0) is 26.8 Å². The van der Waals surface area contributed by atoms with E-state index in [0.29, 0.717) is 0 Å². The number of likely N-dealkylation sites (N-methyl/N-ethyl adjacent to an activating group) is 1. The minimum atomic E-state index is -0.0842. The van der Waals surface area contributed by atoms with Gasteiger partial charge >= 0.3 is 0 Å². The van der Waals surface area contributed by atoms with E-state index in [1.54, 1.807) is 0 Å². The van der Waals surface area contributed by atoms with Gasteiger partial charge in [0.2, 0.25) is 11.8 Å². The molecule has 2 fully saturated rings. The summed E-state index contributed by atoms with van der Waals surface area (Å²) < 4.78 is 0. The number of nitrogens with zero attached hydrogens (tertiary/aromatic N) is 2. The zero-order chi connectivity index (χ0) is 14.0. The average molecular weight is 267 g/mol. The van der Waals surface area contributed by atoms with Crippen molar-refractivity contribution in [1.29, 1.82) is 0 Å². The van der Waals surface area contributed by atoms with Crippen LogP contribution in [-0.2, 0) is 9.59 Å². The second-order valence-corrected chi connectivity index (χ2v) is 5.87. The molecular formula is C14H25N3O2. The van der Waals surface area contributed by atoms with Crippen molar-refractivity contribution < 1.29 is 9.59 Å². The molecule has 1 aliphatic carbocycles. The normalized spacial score (nSPS) is 27.5. The van der Waals surface area contributed by atoms with Crippen LogP contribution in [0.15, 0.2) is 0 Å². The Labute approximate surface area is 115 Å². The molecule has 1 saturated heterocycles. The Hall–Kier alpha value is -1.10. The Kier molecular flexibility index (Phi) is 4.45. The number of hydrogen-bond donors (Lipinski definition) is 1. The van der Waals surface area contributed by atoms with Crippen LogP contribution in [0.2, 0.25) is 0 Å². The first kappa shape index (κ1) is 14.3. The molecule has 0 radical (unpaired) electrons. The number of carbonyl (C=O) groups excluding carboxylic acids is 2. The maximum atomic E-state index is 12.3. The number of amides is 2. The third kappa shape index (κ3) is 3.47. The van der Waals surface area contributed by atoms with E-state index >= 15 is 0 Å². The van der Waals surface area contributed by atoms with E-state index in [-0.39, 0.29) is 29.7 Å². The number of carbonyl (C=O) groups is 2. The number of rotatable bonds is 4. The minimum Gasteiger partial charge on any atom is -0.354 e. The molecule has 1 saturated carbocycles. The topological polar surface area (TPSA) is 52.7 Å². The van der Waals surface area contributed by atoms with Gasteiger partial charge in [-0.25, -0.2) is 0 Å². The molecule has 108 valence electrons. The van der Waals surface area contributed by atoms with E-state index in [2.05, 4.69) is 17.1 Å². The largest absolute Gasteiger partial charge is 0.354 e. The summed E-state index contributed by atoms with van der Waals surface area (Å²) in [7, 11) is 0. The van der Waals surface area contributed by atoms with Crippen LogP contribution in [0, 0.1) is 11.8 Å². The van der Waals surface area contributed by atoms with Crippen LogP contribution in [0.4, 0.5) is 0 Å². The van der Waals surface area contributed by atoms with Crippen LogP contribution in [-0.4, -0.2) is 60.4 Å². The Morgan fingerprint density at radius 2 is 1.79 bits per heavy atom. The first-order valence-electron chi connectivity index (χ1n) is 7.34. The SMILES string of the molecule is CCN1CCN(C(=O)C2CC2C(=O)NC(C)C)CC1. The maximum Gasteiger partial charge on any atom is 0.226 e. The third-order valence-electron chi connectivity index (χ3n) is 4.01. The quantitative estimate of drug-likeness (QED) is 0.797. The summed E-state index contributed by atoms with van der Waals surface area (Å²) in [5, 5.41) is 2.89. The lowest BCUT2D eigenvalue weighted by Gasteiger charge is -2.34. The van der Waals surface area contributed by atoms with Crippen LogP contribution in [0.1, 0.15) is 27.2 Å².